The molecule has 5 unspecified atom stereocenters. The van der Waals surface area contributed by atoms with Crippen LogP contribution >= 0.6 is 0 Å². The molecule has 0 spiro atoms. The fraction of sp³-hybridized carbons (Fsp3) is 0.200. The van der Waals surface area contributed by atoms with Crippen LogP contribution in [-0.4, -0.2) is 79.6 Å². The van der Waals surface area contributed by atoms with Crippen LogP contribution in [0.1, 0.15) is 16.7 Å². The first-order chi connectivity index (χ1) is 21.1. The molecule has 0 bridgehead atoms. The van der Waals surface area contributed by atoms with Crippen LogP contribution in [0.25, 0.3) is 11.4 Å². The summed E-state index contributed by atoms with van der Waals surface area (Å²) in [6.45, 7) is -0.648. The van der Waals surface area contributed by atoms with Crippen molar-refractivity contribution in [2.45, 2.75) is 30.7 Å². The van der Waals surface area contributed by atoms with Gasteiger partial charge in [0.25, 0.3) is 0 Å². The minimum Gasteiger partial charge on any atom is -0.462 e. The molecule has 228 valence electrons. The second kappa shape index (κ2) is 12.8. The highest BCUT2D eigenvalue weighted by Gasteiger charge is 2.44. The molecule has 0 amide bonds. The number of aliphatic hydroxyl groups excluding tert-OH is 4. The zero-order valence-electron chi connectivity index (χ0n) is 22.9. The van der Waals surface area contributed by atoms with Crippen LogP contribution in [-0.2, 0) is 4.74 Å². The highest BCUT2D eigenvalue weighted by molar-refractivity contribution is 6.16. The highest BCUT2D eigenvalue weighted by Crippen LogP contribution is 2.33. The van der Waals surface area contributed by atoms with Crippen LogP contribution in [0.15, 0.2) is 66.7 Å². The molecule has 2 heterocycles. The van der Waals surface area contributed by atoms with E-state index in [2.05, 4.69) is 15.3 Å². The molecular formula is C30H28F2N6O6. The number of hydrogen-bond donors (Lipinski definition) is 8. The first-order valence-electron chi connectivity index (χ1n) is 13.3. The second-order valence-corrected chi connectivity index (χ2v) is 9.85. The van der Waals surface area contributed by atoms with Gasteiger partial charge in [0.05, 0.1) is 23.6 Å². The summed E-state index contributed by atoms with van der Waals surface area (Å²) in [5.74, 6) is -1.95. The normalized spacial score (nSPS) is 21.5. The third kappa shape index (κ3) is 6.10. The Morgan fingerprint density at radius 3 is 2.43 bits per heavy atom. The first-order valence-corrected chi connectivity index (χ1v) is 13.3. The molecule has 44 heavy (non-hydrogen) atoms. The Balaban J connectivity index is 1.58. The van der Waals surface area contributed by atoms with Crippen molar-refractivity contribution in [1.82, 2.24) is 9.97 Å². The number of aliphatic hydroxyl groups is 4. The number of benzene rings is 3. The number of aromatic nitrogens is 2. The number of nitrogens with zero attached hydrogens (tertiary/aromatic N) is 2. The molecule has 14 heteroatoms. The Morgan fingerprint density at radius 1 is 1.00 bits per heavy atom. The molecule has 9 N–H and O–H groups in total. The molecule has 1 fully saturated rings. The SMILES string of the molecule is N=Cc1ccc(OC2OC(CO)C(O)C(O)C2O)cc1-c1nc(N)c(C(=N)c2ccccc2)c(Nc2ccc(F)cc2F)n1. The van der Waals surface area contributed by atoms with Gasteiger partial charge in [-0.3, -0.25) is 5.41 Å². The molecule has 12 nitrogen and oxygen atoms in total. The Labute approximate surface area is 249 Å². The van der Waals surface area contributed by atoms with Gasteiger partial charge in [0, 0.05) is 29.0 Å². The molecule has 3 aromatic carbocycles. The number of hydrogen-bond acceptors (Lipinski definition) is 12. The zero-order valence-corrected chi connectivity index (χ0v) is 22.9. The Hall–Kier alpha value is -4.86. The number of ether oxygens (including phenoxy) is 2. The molecule has 1 aromatic heterocycles. The molecular weight excluding hydrogens is 578 g/mol. The van der Waals surface area contributed by atoms with E-state index in [0.29, 0.717) is 17.2 Å². The van der Waals surface area contributed by atoms with Crippen LogP contribution in [0.5, 0.6) is 5.75 Å². The minimum atomic E-state index is -1.67. The topological polar surface area (TPSA) is 211 Å². The summed E-state index contributed by atoms with van der Waals surface area (Å²) in [4.78, 5) is 8.89. The average Bonchev–Trinajstić information content (AvgIpc) is 3.02. The lowest BCUT2D eigenvalue weighted by molar-refractivity contribution is -0.277. The Kier molecular flexibility index (Phi) is 8.89. The van der Waals surface area contributed by atoms with Crippen LogP contribution in [0.2, 0.25) is 0 Å². The number of anilines is 3. The van der Waals surface area contributed by atoms with E-state index >= 15 is 0 Å². The van der Waals surface area contributed by atoms with E-state index in [1.54, 1.807) is 30.3 Å². The van der Waals surface area contributed by atoms with Crippen LogP contribution in [0.4, 0.5) is 26.1 Å². The molecule has 0 radical (unpaired) electrons. The summed E-state index contributed by atoms with van der Waals surface area (Å²) >= 11 is 0. The smallest absolute Gasteiger partial charge is 0.229 e. The maximum Gasteiger partial charge on any atom is 0.229 e. The quantitative estimate of drug-likeness (QED) is 0.130. The van der Waals surface area contributed by atoms with Crippen molar-refractivity contribution in [3.8, 4) is 17.1 Å². The van der Waals surface area contributed by atoms with Crippen LogP contribution in [0, 0.1) is 22.5 Å². The number of nitrogen functional groups attached to an aromatic ring is 1. The summed E-state index contributed by atoms with van der Waals surface area (Å²) in [5.41, 5.74) is 7.15. The number of halogens is 2. The van der Waals surface area contributed by atoms with E-state index in [9.17, 15) is 29.2 Å². The van der Waals surface area contributed by atoms with Crippen molar-refractivity contribution in [1.29, 1.82) is 10.8 Å². The molecule has 1 aliphatic heterocycles. The lowest BCUT2D eigenvalue weighted by atomic mass is 9.99. The van der Waals surface area contributed by atoms with Gasteiger partial charge in [0.2, 0.25) is 6.29 Å². The Bertz CT molecular complexity index is 1690. The van der Waals surface area contributed by atoms with Gasteiger partial charge < -0.3 is 46.4 Å². The van der Waals surface area contributed by atoms with Crippen molar-refractivity contribution in [3.63, 3.8) is 0 Å². The van der Waals surface area contributed by atoms with E-state index < -0.39 is 48.9 Å². The summed E-state index contributed by atoms with van der Waals surface area (Å²) in [6, 6.07) is 15.8. The second-order valence-electron chi connectivity index (χ2n) is 9.85. The van der Waals surface area contributed by atoms with E-state index in [1.165, 1.54) is 18.2 Å². The van der Waals surface area contributed by atoms with Crippen molar-refractivity contribution < 1.29 is 38.7 Å². The van der Waals surface area contributed by atoms with Gasteiger partial charge in [-0.05, 0) is 30.3 Å². The third-order valence-corrected chi connectivity index (χ3v) is 6.96. The zero-order chi connectivity index (χ0) is 31.5. The van der Waals surface area contributed by atoms with Gasteiger partial charge in [-0.25, -0.2) is 18.7 Å². The van der Waals surface area contributed by atoms with Crippen molar-refractivity contribution in [3.05, 3.63) is 95.1 Å². The monoisotopic (exact) mass is 606 g/mol. The van der Waals surface area contributed by atoms with Crippen molar-refractivity contribution in [2.24, 2.45) is 0 Å². The standard InChI is InChI=1S/C30H28F2N6O6/c31-16-7-9-20(19(32)10-16)36-29-22(23(34)14-4-2-1-3-5-14)27(35)37-28(38-29)18-11-17(8-6-15(18)12-33)43-30-26(42)25(41)24(40)21(13-39)44-30/h1-12,21,24-26,30,33-34,39-42H,13H2,(H3,35,36,37,38). The fourth-order valence-electron chi connectivity index (χ4n) is 4.63. The number of rotatable bonds is 9. The lowest BCUT2D eigenvalue weighted by Gasteiger charge is -2.39. The fourth-order valence-corrected chi connectivity index (χ4v) is 4.63. The van der Waals surface area contributed by atoms with Gasteiger partial charge in [-0.15, -0.1) is 0 Å². The molecule has 4 aromatic rings. The average molecular weight is 607 g/mol. The third-order valence-electron chi connectivity index (χ3n) is 6.96. The predicted molar refractivity (Wildman–Crippen MR) is 156 cm³/mol. The maximum atomic E-state index is 14.7. The van der Waals surface area contributed by atoms with E-state index in [-0.39, 0.29) is 45.7 Å². The largest absolute Gasteiger partial charge is 0.462 e. The number of nitrogens with two attached hydrogens (primary N) is 1. The van der Waals surface area contributed by atoms with Gasteiger partial charge in [0.15, 0.2) is 5.82 Å². The van der Waals surface area contributed by atoms with Gasteiger partial charge in [0.1, 0.15) is 53.4 Å². The highest BCUT2D eigenvalue weighted by atomic mass is 19.1. The minimum absolute atomic E-state index is 0.0359. The molecule has 5 atom stereocenters. The molecule has 1 aliphatic rings. The predicted octanol–water partition coefficient (Wildman–Crippen LogP) is 2.34. The molecule has 0 aliphatic carbocycles. The summed E-state index contributed by atoms with van der Waals surface area (Å²) in [7, 11) is 0. The van der Waals surface area contributed by atoms with Gasteiger partial charge >= 0.3 is 0 Å². The first kappa shape index (κ1) is 30.6. The van der Waals surface area contributed by atoms with Crippen LogP contribution < -0.4 is 15.8 Å². The summed E-state index contributed by atoms with van der Waals surface area (Å²) < 4.78 is 39.5. The number of nitrogens with one attached hydrogen (secondary N) is 3. The van der Waals surface area contributed by atoms with E-state index in [0.717, 1.165) is 18.3 Å². The molecule has 5 rings (SSSR count). The lowest BCUT2D eigenvalue weighted by Crippen LogP contribution is -2.60. The van der Waals surface area contributed by atoms with Crippen LogP contribution in [0.3, 0.4) is 0 Å². The summed E-state index contributed by atoms with van der Waals surface area (Å²) in [6.07, 6.45) is -6.58. The van der Waals surface area contributed by atoms with Gasteiger partial charge in [-0.1, -0.05) is 30.3 Å². The Morgan fingerprint density at radius 2 is 1.75 bits per heavy atom. The van der Waals surface area contributed by atoms with E-state index in [4.69, 9.17) is 26.0 Å². The summed E-state index contributed by atoms with van der Waals surface area (Å²) in [5, 5.41) is 59.6. The van der Waals surface area contributed by atoms with Crippen molar-refractivity contribution in [2.75, 3.05) is 17.7 Å². The molecule has 0 saturated carbocycles. The van der Waals surface area contributed by atoms with Gasteiger partial charge in [-0.2, -0.15) is 0 Å². The molecule has 1 saturated heterocycles. The maximum absolute atomic E-state index is 14.7. The van der Waals surface area contributed by atoms with Crippen molar-refractivity contribution >= 4 is 29.2 Å². The van der Waals surface area contributed by atoms with E-state index in [1.807, 2.05) is 0 Å².